The van der Waals surface area contributed by atoms with Crippen LogP contribution in [0.4, 0.5) is 0 Å². The van der Waals surface area contributed by atoms with Crippen LogP contribution in [0.15, 0.2) is 59.1 Å². The Morgan fingerprint density at radius 1 is 1.16 bits per heavy atom. The Kier molecular flexibility index (Phi) is 4.98. The third-order valence-corrected chi connectivity index (χ3v) is 6.26. The summed E-state index contributed by atoms with van der Waals surface area (Å²) in [7, 11) is 2.08. The summed E-state index contributed by atoms with van der Waals surface area (Å²) in [6, 6.07) is 17.7. The zero-order valence-corrected chi connectivity index (χ0v) is 17.8. The lowest BCUT2D eigenvalue weighted by molar-refractivity contribution is -0.144. The van der Waals surface area contributed by atoms with Crippen molar-refractivity contribution in [1.29, 1.82) is 0 Å². The van der Waals surface area contributed by atoms with Crippen molar-refractivity contribution in [3.05, 3.63) is 66.1 Å². The number of carbonyl (C=O) groups is 1. The fourth-order valence-electron chi connectivity index (χ4n) is 4.73. The highest BCUT2D eigenvalue weighted by atomic mass is 16.5. The van der Waals surface area contributed by atoms with Crippen molar-refractivity contribution in [1.82, 2.24) is 19.9 Å². The van der Waals surface area contributed by atoms with Crippen molar-refractivity contribution in [3.63, 3.8) is 0 Å². The maximum atomic E-state index is 12.6. The lowest BCUT2D eigenvalue weighted by atomic mass is 9.77. The van der Waals surface area contributed by atoms with E-state index in [0.717, 1.165) is 42.9 Å². The highest BCUT2D eigenvalue weighted by Crippen LogP contribution is 2.47. The number of likely N-dealkylation sites (tertiary alicyclic amines) is 2. The van der Waals surface area contributed by atoms with Gasteiger partial charge in [0.2, 0.25) is 11.7 Å². The van der Waals surface area contributed by atoms with E-state index in [0.29, 0.717) is 11.7 Å². The number of hydrogen-bond acceptors (Lipinski definition) is 6. The molecule has 2 saturated heterocycles. The summed E-state index contributed by atoms with van der Waals surface area (Å²) >= 11 is 0. The average molecular weight is 418 g/mol. The number of carbonyl (C=O) groups excluding carboxylic acids is 1. The minimum absolute atomic E-state index is 0.0300. The van der Waals surface area contributed by atoms with Crippen molar-refractivity contribution in [2.45, 2.75) is 19.4 Å². The molecule has 3 aromatic rings. The number of nitrogens with zero attached hydrogens (tertiary/aromatic N) is 4. The molecule has 1 atom stereocenters. The third kappa shape index (κ3) is 3.93. The minimum atomic E-state index is 0.0300. The van der Waals surface area contributed by atoms with E-state index in [4.69, 9.17) is 9.26 Å². The fraction of sp³-hybridized carbons (Fsp3) is 0.375. The van der Waals surface area contributed by atoms with Gasteiger partial charge in [0.25, 0.3) is 5.91 Å². The van der Waals surface area contributed by atoms with Gasteiger partial charge in [-0.1, -0.05) is 47.6 Å². The molecule has 0 aliphatic carbocycles. The maximum Gasteiger partial charge on any atom is 0.260 e. The van der Waals surface area contributed by atoms with Gasteiger partial charge in [-0.15, -0.1) is 0 Å². The van der Waals surface area contributed by atoms with Crippen molar-refractivity contribution < 1.29 is 14.1 Å². The van der Waals surface area contributed by atoms with E-state index < -0.39 is 0 Å². The van der Waals surface area contributed by atoms with Crippen LogP contribution >= 0.6 is 0 Å². The molecule has 0 bridgehead atoms. The molecular weight excluding hydrogens is 392 g/mol. The molecule has 7 nitrogen and oxygen atoms in total. The van der Waals surface area contributed by atoms with E-state index in [9.17, 15) is 4.79 Å². The number of aryl methyl sites for hydroxylation is 1. The van der Waals surface area contributed by atoms with Crippen LogP contribution < -0.4 is 4.74 Å². The van der Waals surface area contributed by atoms with Gasteiger partial charge in [0.15, 0.2) is 6.61 Å². The van der Waals surface area contributed by atoms with Crippen molar-refractivity contribution in [3.8, 4) is 17.1 Å². The SMILES string of the molecule is Cc1cccc(OCC(=O)N2CC3(CC(c4nc(-c5ccccc5)no4)N(C)C3)C2)c1. The number of ether oxygens (including phenoxy) is 1. The topological polar surface area (TPSA) is 71.7 Å². The summed E-state index contributed by atoms with van der Waals surface area (Å²) in [6.07, 6.45) is 0.905. The van der Waals surface area contributed by atoms with Gasteiger partial charge in [0, 0.05) is 30.6 Å². The molecule has 0 N–H and O–H groups in total. The molecule has 0 saturated carbocycles. The minimum Gasteiger partial charge on any atom is -0.484 e. The van der Waals surface area contributed by atoms with Crippen molar-refractivity contribution >= 4 is 5.91 Å². The largest absolute Gasteiger partial charge is 0.484 e. The summed E-state index contributed by atoms with van der Waals surface area (Å²) < 4.78 is 11.3. The zero-order valence-electron chi connectivity index (χ0n) is 17.8. The predicted octanol–water partition coefficient (Wildman–Crippen LogP) is 3.33. The Balaban J connectivity index is 1.18. The van der Waals surface area contributed by atoms with Gasteiger partial charge < -0.3 is 14.2 Å². The second-order valence-corrected chi connectivity index (χ2v) is 8.81. The first-order valence-corrected chi connectivity index (χ1v) is 10.6. The van der Waals surface area contributed by atoms with Gasteiger partial charge in [-0.25, -0.2) is 0 Å². The van der Waals surface area contributed by atoms with Crippen LogP contribution in [0.25, 0.3) is 11.4 Å². The summed E-state index contributed by atoms with van der Waals surface area (Å²) in [5, 5.41) is 4.17. The first kappa shape index (κ1) is 19.8. The van der Waals surface area contributed by atoms with Crippen LogP contribution in [0.5, 0.6) is 5.75 Å². The van der Waals surface area contributed by atoms with E-state index in [1.54, 1.807) is 0 Å². The van der Waals surface area contributed by atoms with Crippen LogP contribution in [0.3, 0.4) is 0 Å². The average Bonchev–Trinajstić information content (AvgIpc) is 3.36. The third-order valence-electron chi connectivity index (χ3n) is 6.26. The van der Waals surface area contributed by atoms with Gasteiger partial charge in [-0.05, 0) is 38.1 Å². The highest BCUT2D eigenvalue weighted by Gasteiger charge is 2.53. The molecule has 2 aliphatic heterocycles. The van der Waals surface area contributed by atoms with E-state index in [1.165, 1.54) is 0 Å². The normalized spacial score (nSPS) is 20.1. The van der Waals surface area contributed by atoms with Gasteiger partial charge in [-0.3, -0.25) is 9.69 Å². The van der Waals surface area contributed by atoms with Crippen LogP contribution in [0.2, 0.25) is 0 Å². The summed E-state index contributed by atoms with van der Waals surface area (Å²) in [5.41, 5.74) is 2.14. The molecule has 3 heterocycles. The second kappa shape index (κ2) is 7.81. The van der Waals surface area contributed by atoms with Crippen molar-refractivity contribution in [2.24, 2.45) is 5.41 Å². The quantitative estimate of drug-likeness (QED) is 0.633. The van der Waals surface area contributed by atoms with Crippen molar-refractivity contribution in [2.75, 3.05) is 33.3 Å². The summed E-state index contributed by atoms with van der Waals surface area (Å²) in [5.74, 6) is 2.02. The molecule has 1 amide bonds. The first-order valence-electron chi connectivity index (χ1n) is 10.6. The summed E-state index contributed by atoms with van der Waals surface area (Å²) in [6.45, 7) is 4.46. The fourth-order valence-corrected chi connectivity index (χ4v) is 4.73. The lowest BCUT2D eigenvalue weighted by Gasteiger charge is -2.48. The Bertz CT molecular complexity index is 1080. The number of aromatic nitrogens is 2. The second-order valence-electron chi connectivity index (χ2n) is 8.81. The van der Waals surface area contributed by atoms with E-state index in [1.807, 2.05) is 66.4 Å². The molecule has 1 aromatic heterocycles. The highest BCUT2D eigenvalue weighted by molar-refractivity contribution is 5.78. The predicted molar refractivity (Wildman–Crippen MR) is 115 cm³/mol. The molecule has 1 unspecified atom stereocenters. The Labute approximate surface area is 181 Å². The van der Waals surface area contributed by atoms with E-state index in [-0.39, 0.29) is 24.0 Å². The molecule has 1 spiro atoms. The molecular formula is C24H26N4O3. The van der Waals surface area contributed by atoms with Crippen LogP contribution in [0.1, 0.15) is 23.9 Å². The van der Waals surface area contributed by atoms with Gasteiger partial charge in [-0.2, -0.15) is 4.98 Å². The standard InChI is InChI=1S/C24H26N4O3/c1-17-7-6-10-19(11-17)30-13-21(29)28-15-24(16-28)12-20(27(2)14-24)23-25-22(26-31-23)18-8-4-3-5-9-18/h3-11,20H,12-16H2,1-2H3. The molecule has 2 fully saturated rings. The Morgan fingerprint density at radius 2 is 1.97 bits per heavy atom. The van der Waals surface area contributed by atoms with Gasteiger partial charge in [0.1, 0.15) is 5.75 Å². The summed E-state index contributed by atoms with van der Waals surface area (Å²) in [4.78, 5) is 21.3. The van der Waals surface area contributed by atoms with Gasteiger partial charge >= 0.3 is 0 Å². The number of hydrogen-bond donors (Lipinski definition) is 0. The lowest BCUT2D eigenvalue weighted by Crippen LogP contribution is -2.60. The van der Waals surface area contributed by atoms with Crippen LogP contribution in [0, 0.1) is 12.3 Å². The van der Waals surface area contributed by atoms with E-state index in [2.05, 4.69) is 22.1 Å². The molecule has 5 rings (SSSR count). The monoisotopic (exact) mass is 418 g/mol. The number of rotatable bonds is 5. The Hall–Kier alpha value is -3.19. The van der Waals surface area contributed by atoms with Crippen LogP contribution in [-0.2, 0) is 4.79 Å². The van der Waals surface area contributed by atoms with Crippen LogP contribution in [-0.4, -0.2) is 59.1 Å². The molecule has 160 valence electrons. The van der Waals surface area contributed by atoms with Gasteiger partial charge in [0.05, 0.1) is 6.04 Å². The van der Waals surface area contributed by atoms with E-state index >= 15 is 0 Å². The molecule has 0 radical (unpaired) electrons. The smallest absolute Gasteiger partial charge is 0.260 e. The molecule has 2 aliphatic rings. The zero-order chi connectivity index (χ0) is 21.4. The first-order chi connectivity index (χ1) is 15.0. The number of benzene rings is 2. The molecule has 7 heteroatoms. The Morgan fingerprint density at radius 3 is 2.74 bits per heavy atom. The molecule has 31 heavy (non-hydrogen) atoms. The molecule has 2 aromatic carbocycles. The maximum absolute atomic E-state index is 12.6. The number of amides is 1.